The monoisotopic (exact) mass is 325 g/mol. The van der Waals surface area contributed by atoms with Gasteiger partial charge in [0.05, 0.1) is 12.3 Å². The van der Waals surface area contributed by atoms with E-state index in [-0.39, 0.29) is 5.91 Å². The van der Waals surface area contributed by atoms with E-state index in [1.807, 2.05) is 11.8 Å². The third kappa shape index (κ3) is 4.51. The lowest BCUT2D eigenvalue weighted by Crippen LogP contribution is -2.50. The fraction of sp³-hybridized carbons (Fsp3) is 0.750. The zero-order valence-corrected chi connectivity index (χ0v) is 14.6. The summed E-state index contributed by atoms with van der Waals surface area (Å²) in [5.41, 5.74) is 1.08. The molecule has 1 aromatic rings. The molecule has 2 rings (SSSR count). The molecule has 1 saturated heterocycles. The summed E-state index contributed by atoms with van der Waals surface area (Å²) in [5.74, 6) is 0.807. The molecule has 0 bridgehead atoms. The second-order valence-corrected chi connectivity index (χ2v) is 6.75. The van der Waals surface area contributed by atoms with E-state index in [0.29, 0.717) is 25.0 Å². The number of piperidine rings is 1. The van der Waals surface area contributed by atoms with E-state index in [2.05, 4.69) is 22.6 Å². The summed E-state index contributed by atoms with van der Waals surface area (Å²) in [7, 11) is 1.69. The van der Waals surface area contributed by atoms with Gasteiger partial charge in [-0.2, -0.15) is 0 Å². The number of carbonyl (C=O) groups excluding carboxylic acids is 1. The normalized spacial score (nSPS) is 22.0. The van der Waals surface area contributed by atoms with Crippen LogP contribution in [0.1, 0.15) is 43.8 Å². The van der Waals surface area contributed by atoms with Crippen LogP contribution in [0.15, 0.2) is 5.38 Å². The highest BCUT2D eigenvalue weighted by Gasteiger charge is 2.29. The number of thiazole rings is 1. The molecule has 0 aromatic carbocycles. The summed E-state index contributed by atoms with van der Waals surface area (Å²) in [5, 5.41) is 6.76. The van der Waals surface area contributed by atoms with E-state index < -0.39 is 0 Å². The van der Waals surface area contributed by atoms with Gasteiger partial charge >= 0.3 is 0 Å². The fourth-order valence-electron chi connectivity index (χ4n) is 3.02. The molecular weight excluding hydrogens is 298 g/mol. The summed E-state index contributed by atoms with van der Waals surface area (Å²) in [6.07, 6.45) is 2.73. The maximum absolute atomic E-state index is 11.9. The first-order chi connectivity index (χ1) is 10.7. The second kappa shape index (κ2) is 8.60. The predicted octanol–water partition coefficient (Wildman–Crippen LogP) is 2.42. The Bertz CT molecular complexity index is 478. The summed E-state index contributed by atoms with van der Waals surface area (Å²) >= 11 is 1.65. The van der Waals surface area contributed by atoms with Crippen molar-refractivity contribution < 1.29 is 9.53 Å². The molecule has 6 heteroatoms. The Kier molecular flexibility index (Phi) is 6.79. The van der Waals surface area contributed by atoms with Crippen LogP contribution in [-0.2, 0) is 22.7 Å². The van der Waals surface area contributed by atoms with Crippen molar-refractivity contribution in [1.29, 1.82) is 0 Å². The van der Waals surface area contributed by atoms with Gasteiger partial charge in [0, 0.05) is 44.6 Å². The van der Waals surface area contributed by atoms with E-state index in [9.17, 15) is 4.79 Å². The molecule has 1 N–H and O–H groups in total. The fourth-order valence-corrected chi connectivity index (χ4v) is 3.78. The number of rotatable bonds is 7. The lowest BCUT2D eigenvalue weighted by molar-refractivity contribution is -0.133. The Morgan fingerprint density at radius 1 is 1.55 bits per heavy atom. The van der Waals surface area contributed by atoms with Crippen molar-refractivity contribution in [2.45, 2.75) is 52.3 Å². The van der Waals surface area contributed by atoms with Crippen LogP contribution in [0.4, 0.5) is 0 Å². The summed E-state index contributed by atoms with van der Waals surface area (Å²) in [4.78, 5) is 18.4. The van der Waals surface area contributed by atoms with Crippen LogP contribution in [-0.4, -0.2) is 42.0 Å². The van der Waals surface area contributed by atoms with Crippen molar-refractivity contribution >= 4 is 17.2 Å². The number of likely N-dealkylation sites (tertiary alicyclic amines) is 1. The highest BCUT2D eigenvalue weighted by Crippen LogP contribution is 2.21. The van der Waals surface area contributed by atoms with E-state index in [1.54, 1.807) is 18.4 Å². The minimum atomic E-state index is 0.278. The topological polar surface area (TPSA) is 54.5 Å². The molecule has 2 heterocycles. The number of aromatic nitrogens is 1. The Morgan fingerprint density at radius 3 is 3.05 bits per heavy atom. The Hall–Kier alpha value is -0.980. The number of nitrogens with one attached hydrogen (secondary N) is 1. The predicted molar refractivity (Wildman–Crippen MR) is 88.7 cm³/mol. The second-order valence-electron chi connectivity index (χ2n) is 5.80. The lowest BCUT2D eigenvalue weighted by Gasteiger charge is -2.38. The molecule has 2 atom stereocenters. The number of hydrogen-bond donors (Lipinski definition) is 1. The van der Waals surface area contributed by atoms with E-state index in [1.165, 1.54) is 0 Å². The van der Waals surface area contributed by atoms with Crippen LogP contribution in [0.5, 0.6) is 0 Å². The molecule has 1 aromatic heterocycles. The van der Waals surface area contributed by atoms with Crippen LogP contribution in [0.25, 0.3) is 0 Å². The first-order valence-corrected chi connectivity index (χ1v) is 8.99. The highest BCUT2D eigenvalue weighted by atomic mass is 32.1. The molecular formula is C16H27N3O2S. The molecule has 1 aliphatic heterocycles. The van der Waals surface area contributed by atoms with Crippen LogP contribution in [0.2, 0.25) is 0 Å². The molecule has 1 fully saturated rings. The van der Waals surface area contributed by atoms with Crippen molar-refractivity contribution in [1.82, 2.24) is 15.2 Å². The first kappa shape index (κ1) is 17.4. The Balaban J connectivity index is 1.85. The number of amides is 1. The smallest absolute Gasteiger partial charge is 0.222 e. The number of carbonyl (C=O) groups is 1. The van der Waals surface area contributed by atoms with Crippen molar-refractivity contribution in [3.8, 4) is 0 Å². The van der Waals surface area contributed by atoms with Crippen LogP contribution < -0.4 is 5.32 Å². The Morgan fingerprint density at radius 2 is 2.36 bits per heavy atom. The average Bonchev–Trinajstić information content (AvgIpc) is 3.00. The summed E-state index contributed by atoms with van der Waals surface area (Å²) in [6.45, 7) is 7.27. The van der Waals surface area contributed by atoms with Gasteiger partial charge in [-0.25, -0.2) is 4.98 Å². The molecule has 0 radical (unpaired) electrons. The molecule has 5 nitrogen and oxygen atoms in total. The van der Waals surface area contributed by atoms with E-state index in [4.69, 9.17) is 4.74 Å². The standard InChI is InChI=1S/C16H27N3O2S/c1-4-12-9-19(16(20)5-2)7-6-14(12)17-8-13-11-22-15(18-13)10-21-3/h11-12,14,17H,4-10H2,1-3H3. The molecule has 0 aliphatic carbocycles. The molecule has 0 saturated carbocycles. The average molecular weight is 325 g/mol. The summed E-state index contributed by atoms with van der Waals surface area (Å²) in [6, 6.07) is 0.471. The van der Waals surface area contributed by atoms with Gasteiger partial charge in [-0.15, -0.1) is 11.3 Å². The third-order valence-corrected chi connectivity index (χ3v) is 5.20. The third-order valence-electron chi connectivity index (χ3n) is 4.33. The van der Waals surface area contributed by atoms with Gasteiger partial charge in [-0.05, 0) is 12.3 Å². The lowest BCUT2D eigenvalue weighted by atomic mass is 9.89. The van der Waals surface area contributed by atoms with Gasteiger partial charge < -0.3 is 15.0 Å². The van der Waals surface area contributed by atoms with Crippen molar-refractivity contribution in [3.63, 3.8) is 0 Å². The molecule has 1 aliphatic rings. The van der Waals surface area contributed by atoms with Gasteiger partial charge in [0.15, 0.2) is 0 Å². The molecule has 2 unspecified atom stereocenters. The van der Waals surface area contributed by atoms with Crippen LogP contribution >= 0.6 is 11.3 Å². The molecule has 0 spiro atoms. The molecule has 22 heavy (non-hydrogen) atoms. The maximum atomic E-state index is 11.9. The van der Waals surface area contributed by atoms with E-state index >= 15 is 0 Å². The Labute approximate surface area is 137 Å². The summed E-state index contributed by atoms with van der Waals surface area (Å²) < 4.78 is 5.11. The van der Waals surface area contributed by atoms with Crippen molar-refractivity contribution in [3.05, 3.63) is 16.1 Å². The van der Waals surface area contributed by atoms with E-state index in [0.717, 1.165) is 43.2 Å². The minimum absolute atomic E-state index is 0.278. The van der Waals surface area contributed by atoms with Gasteiger partial charge in [0.25, 0.3) is 0 Å². The van der Waals surface area contributed by atoms with Gasteiger partial charge in [0.2, 0.25) is 5.91 Å². The zero-order valence-electron chi connectivity index (χ0n) is 13.8. The molecule has 124 valence electrons. The first-order valence-electron chi connectivity index (χ1n) is 8.11. The minimum Gasteiger partial charge on any atom is -0.378 e. The SMILES string of the molecule is CCC(=O)N1CCC(NCc2csc(COC)n2)C(CC)C1. The quantitative estimate of drug-likeness (QED) is 0.836. The van der Waals surface area contributed by atoms with Gasteiger partial charge in [0.1, 0.15) is 5.01 Å². The van der Waals surface area contributed by atoms with Gasteiger partial charge in [-0.1, -0.05) is 20.3 Å². The van der Waals surface area contributed by atoms with Gasteiger partial charge in [-0.3, -0.25) is 4.79 Å². The largest absolute Gasteiger partial charge is 0.378 e. The number of nitrogens with zero attached hydrogens (tertiary/aromatic N) is 2. The van der Waals surface area contributed by atoms with Crippen molar-refractivity contribution in [2.24, 2.45) is 5.92 Å². The van der Waals surface area contributed by atoms with Crippen LogP contribution in [0, 0.1) is 5.92 Å². The number of ether oxygens (including phenoxy) is 1. The van der Waals surface area contributed by atoms with Crippen LogP contribution in [0.3, 0.4) is 0 Å². The van der Waals surface area contributed by atoms with Crippen molar-refractivity contribution in [2.75, 3.05) is 20.2 Å². The number of methoxy groups -OCH3 is 1. The maximum Gasteiger partial charge on any atom is 0.222 e. The molecule has 1 amide bonds. The highest BCUT2D eigenvalue weighted by molar-refractivity contribution is 7.09. The zero-order chi connectivity index (χ0) is 15.9. The number of hydrogen-bond acceptors (Lipinski definition) is 5.